The first-order valence-corrected chi connectivity index (χ1v) is 6.74. The molecule has 1 aromatic carbocycles. The molecule has 0 N–H and O–H groups in total. The Bertz CT molecular complexity index is 624. The van der Waals surface area contributed by atoms with Gasteiger partial charge in [0.25, 0.3) is 5.69 Å². The van der Waals surface area contributed by atoms with E-state index >= 15 is 0 Å². The second-order valence-corrected chi connectivity index (χ2v) is 4.83. The standard InChI is InChI=1S/C11H9ClN4O3S/c1-2-19-10-13-9(12)14-11(15-10)20-8-5-3-7(4-6-8)16(17)18/h3-6H,2H2,1H3. The number of halogens is 1. The summed E-state index contributed by atoms with van der Waals surface area (Å²) in [5.74, 6) is 0. The number of hydrogen-bond acceptors (Lipinski definition) is 7. The minimum atomic E-state index is -0.457. The second kappa shape index (κ2) is 6.49. The van der Waals surface area contributed by atoms with Crippen LogP contribution in [0.2, 0.25) is 5.28 Å². The molecule has 0 aliphatic heterocycles. The van der Waals surface area contributed by atoms with E-state index in [0.29, 0.717) is 11.8 Å². The van der Waals surface area contributed by atoms with E-state index in [4.69, 9.17) is 16.3 Å². The third-order valence-corrected chi connectivity index (χ3v) is 3.14. The van der Waals surface area contributed by atoms with Gasteiger partial charge in [-0.1, -0.05) is 0 Å². The minimum Gasteiger partial charge on any atom is -0.464 e. The smallest absolute Gasteiger partial charge is 0.321 e. The van der Waals surface area contributed by atoms with Crippen molar-refractivity contribution in [1.82, 2.24) is 15.0 Å². The highest BCUT2D eigenvalue weighted by molar-refractivity contribution is 7.99. The van der Waals surface area contributed by atoms with E-state index < -0.39 is 4.92 Å². The molecule has 0 aliphatic carbocycles. The number of non-ortho nitro benzene ring substituents is 1. The van der Waals surface area contributed by atoms with Gasteiger partial charge in [-0.25, -0.2) is 0 Å². The van der Waals surface area contributed by atoms with Crippen LogP contribution in [0.5, 0.6) is 6.01 Å². The minimum absolute atomic E-state index is 0.0260. The van der Waals surface area contributed by atoms with Gasteiger partial charge in [0.15, 0.2) is 5.16 Å². The molecule has 0 fully saturated rings. The van der Waals surface area contributed by atoms with Crippen LogP contribution >= 0.6 is 23.4 Å². The highest BCUT2D eigenvalue weighted by Crippen LogP contribution is 2.27. The molecule has 0 amide bonds. The molecule has 0 atom stereocenters. The van der Waals surface area contributed by atoms with Crippen molar-refractivity contribution in [3.05, 3.63) is 39.7 Å². The van der Waals surface area contributed by atoms with Gasteiger partial charge in [-0.3, -0.25) is 10.1 Å². The number of nitrogens with zero attached hydrogens (tertiary/aromatic N) is 4. The predicted molar refractivity (Wildman–Crippen MR) is 73.2 cm³/mol. The van der Waals surface area contributed by atoms with Crippen LogP contribution < -0.4 is 4.74 Å². The number of aromatic nitrogens is 3. The molecule has 9 heteroatoms. The lowest BCUT2D eigenvalue weighted by Crippen LogP contribution is -2.00. The molecule has 1 aromatic heterocycles. The van der Waals surface area contributed by atoms with Gasteiger partial charge in [0.05, 0.1) is 11.5 Å². The number of rotatable bonds is 5. The lowest BCUT2D eigenvalue weighted by molar-refractivity contribution is -0.384. The molecule has 104 valence electrons. The fourth-order valence-corrected chi connectivity index (χ4v) is 2.24. The maximum Gasteiger partial charge on any atom is 0.321 e. The summed E-state index contributed by atoms with van der Waals surface area (Å²) < 4.78 is 5.17. The fourth-order valence-electron chi connectivity index (χ4n) is 1.30. The topological polar surface area (TPSA) is 91.0 Å². The molecule has 0 unspecified atom stereocenters. The average Bonchev–Trinajstić information content (AvgIpc) is 2.39. The average molecular weight is 313 g/mol. The van der Waals surface area contributed by atoms with E-state index in [-0.39, 0.29) is 17.0 Å². The van der Waals surface area contributed by atoms with Crippen LogP contribution in [-0.4, -0.2) is 26.5 Å². The number of hydrogen-bond donors (Lipinski definition) is 0. The van der Waals surface area contributed by atoms with Crippen molar-refractivity contribution in [2.45, 2.75) is 17.0 Å². The van der Waals surface area contributed by atoms with E-state index in [9.17, 15) is 10.1 Å². The molecular weight excluding hydrogens is 304 g/mol. The Morgan fingerprint density at radius 2 is 2.00 bits per heavy atom. The zero-order valence-corrected chi connectivity index (χ0v) is 11.9. The molecule has 20 heavy (non-hydrogen) atoms. The molecule has 0 saturated heterocycles. The summed E-state index contributed by atoms with van der Waals surface area (Å²) in [5, 5.41) is 11.0. The van der Waals surface area contributed by atoms with E-state index in [1.165, 1.54) is 23.9 Å². The monoisotopic (exact) mass is 312 g/mol. The summed E-state index contributed by atoms with van der Waals surface area (Å²) in [6.45, 7) is 2.23. The van der Waals surface area contributed by atoms with Crippen molar-refractivity contribution in [2.24, 2.45) is 0 Å². The van der Waals surface area contributed by atoms with Gasteiger partial charge >= 0.3 is 6.01 Å². The van der Waals surface area contributed by atoms with Crippen molar-refractivity contribution < 1.29 is 9.66 Å². The molecule has 7 nitrogen and oxygen atoms in total. The molecule has 0 aliphatic rings. The number of nitro groups is 1. The van der Waals surface area contributed by atoms with Crippen molar-refractivity contribution in [2.75, 3.05) is 6.61 Å². The first-order chi connectivity index (χ1) is 9.58. The number of benzene rings is 1. The summed E-state index contributed by atoms with van der Waals surface area (Å²) in [5.41, 5.74) is 0.0260. The van der Waals surface area contributed by atoms with E-state index in [1.807, 2.05) is 0 Å². The van der Waals surface area contributed by atoms with Gasteiger partial charge < -0.3 is 4.74 Å². The quantitative estimate of drug-likeness (QED) is 0.619. The molecule has 2 rings (SSSR count). The molecular formula is C11H9ClN4O3S. The van der Waals surface area contributed by atoms with Gasteiger partial charge in [0.2, 0.25) is 5.28 Å². The summed E-state index contributed by atoms with van der Waals surface area (Å²) in [7, 11) is 0. The highest BCUT2D eigenvalue weighted by Gasteiger charge is 2.09. The van der Waals surface area contributed by atoms with Crippen LogP contribution in [0.25, 0.3) is 0 Å². The predicted octanol–water partition coefficient (Wildman–Crippen LogP) is 2.98. The maximum atomic E-state index is 10.6. The Hall–Kier alpha value is -1.93. The summed E-state index contributed by atoms with van der Waals surface area (Å²) in [6.07, 6.45) is 0. The second-order valence-electron chi connectivity index (χ2n) is 3.46. The van der Waals surface area contributed by atoms with Crippen LogP contribution in [0.15, 0.2) is 34.3 Å². The summed E-state index contributed by atoms with van der Waals surface area (Å²) in [4.78, 5) is 22.7. The van der Waals surface area contributed by atoms with E-state index in [0.717, 1.165) is 4.90 Å². The van der Waals surface area contributed by atoms with Crippen molar-refractivity contribution in [3.8, 4) is 6.01 Å². The maximum absolute atomic E-state index is 10.6. The summed E-state index contributed by atoms with van der Waals surface area (Å²) >= 11 is 6.99. The van der Waals surface area contributed by atoms with Crippen molar-refractivity contribution >= 4 is 29.1 Å². The molecule has 0 radical (unpaired) electrons. The Kier molecular flexibility index (Phi) is 4.70. The fraction of sp³-hybridized carbons (Fsp3) is 0.182. The van der Waals surface area contributed by atoms with Crippen LogP contribution in [0.1, 0.15) is 6.92 Å². The molecule has 2 aromatic rings. The number of nitro benzene ring substituents is 1. The lowest BCUT2D eigenvalue weighted by atomic mass is 10.3. The third-order valence-electron chi connectivity index (χ3n) is 2.10. The van der Waals surface area contributed by atoms with Crippen LogP contribution in [0, 0.1) is 10.1 Å². The van der Waals surface area contributed by atoms with Crippen molar-refractivity contribution in [1.29, 1.82) is 0 Å². The van der Waals surface area contributed by atoms with Crippen LogP contribution in [0.3, 0.4) is 0 Å². The molecule has 0 bridgehead atoms. The Balaban J connectivity index is 2.18. The zero-order valence-electron chi connectivity index (χ0n) is 10.3. The van der Waals surface area contributed by atoms with Gasteiger partial charge in [-0.15, -0.1) is 0 Å². The zero-order chi connectivity index (χ0) is 14.5. The van der Waals surface area contributed by atoms with Crippen LogP contribution in [0.4, 0.5) is 5.69 Å². The Morgan fingerprint density at radius 3 is 2.60 bits per heavy atom. The van der Waals surface area contributed by atoms with Gasteiger partial charge in [-0.2, -0.15) is 15.0 Å². The summed E-state index contributed by atoms with van der Waals surface area (Å²) in [6, 6.07) is 6.20. The molecule has 0 spiro atoms. The van der Waals surface area contributed by atoms with Crippen molar-refractivity contribution in [3.63, 3.8) is 0 Å². The third kappa shape index (κ3) is 3.78. The SMILES string of the molecule is CCOc1nc(Cl)nc(Sc2ccc([N+](=O)[O-])cc2)n1. The first kappa shape index (κ1) is 14.5. The Labute approximate surface area is 123 Å². The number of ether oxygens (including phenoxy) is 1. The lowest BCUT2D eigenvalue weighted by Gasteiger charge is -2.04. The van der Waals surface area contributed by atoms with Crippen LogP contribution in [-0.2, 0) is 0 Å². The van der Waals surface area contributed by atoms with Gasteiger partial charge in [0.1, 0.15) is 0 Å². The van der Waals surface area contributed by atoms with E-state index in [2.05, 4.69) is 15.0 Å². The van der Waals surface area contributed by atoms with Gasteiger partial charge in [-0.05, 0) is 42.4 Å². The highest BCUT2D eigenvalue weighted by atomic mass is 35.5. The molecule has 0 saturated carbocycles. The normalized spacial score (nSPS) is 10.3. The first-order valence-electron chi connectivity index (χ1n) is 5.55. The van der Waals surface area contributed by atoms with E-state index in [1.54, 1.807) is 19.1 Å². The Morgan fingerprint density at radius 1 is 1.30 bits per heavy atom. The molecule has 1 heterocycles. The largest absolute Gasteiger partial charge is 0.464 e. The van der Waals surface area contributed by atoms with Gasteiger partial charge in [0, 0.05) is 17.0 Å².